The summed E-state index contributed by atoms with van der Waals surface area (Å²) in [4.78, 5) is 4.83. The van der Waals surface area contributed by atoms with E-state index in [1.807, 2.05) is 43.1 Å². The second-order valence-electron chi connectivity index (χ2n) is 9.01. The lowest BCUT2D eigenvalue weighted by atomic mass is 9.96. The molecule has 2 N–H and O–H groups in total. The van der Waals surface area contributed by atoms with Crippen molar-refractivity contribution in [1.29, 1.82) is 0 Å². The maximum absolute atomic E-state index is 4.83. The van der Waals surface area contributed by atoms with Gasteiger partial charge in [-0.2, -0.15) is 5.10 Å². The van der Waals surface area contributed by atoms with Gasteiger partial charge in [-0.3, -0.25) is 9.67 Å². The molecule has 4 heterocycles. The minimum Gasteiger partial charge on any atom is -0.318 e. The molecule has 6 heteroatoms. The summed E-state index contributed by atoms with van der Waals surface area (Å²) < 4.78 is 1.81. The van der Waals surface area contributed by atoms with Gasteiger partial charge in [-0.05, 0) is 62.0 Å². The first-order valence-electron chi connectivity index (χ1n) is 12.0. The molecule has 3 aromatic rings. The zero-order chi connectivity index (χ0) is 23.2. The van der Waals surface area contributed by atoms with Crippen LogP contribution in [-0.2, 0) is 7.05 Å². The van der Waals surface area contributed by atoms with Crippen molar-refractivity contribution in [2.45, 2.75) is 33.1 Å². The number of rotatable bonds is 4. The van der Waals surface area contributed by atoms with Crippen LogP contribution in [0.4, 0.5) is 0 Å². The van der Waals surface area contributed by atoms with Crippen LogP contribution < -0.4 is 10.7 Å². The van der Waals surface area contributed by atoms with Crippen molar-refractivity contribution in [1.82, 2.24) is 30.5 Å². The number of hydrogen-bond acceptors (Lipinski definition) is 5. The lowest BCUT2D eigenvalue weighted by Crippen LogP contribution is -2.27. The molecule has 0 saturated carbocycles. The highest BCUT2D eigenvalue weighted by Crippen LogP contribution is 2.28. The zero-order valence-corrected chi connectivity index (χ0v) is 20.3. The van der Waals surface area contributed by atoms with Crippen LogP contribution in [-0.4, -0.2) is 46.5 Å². The highest BCUT2D eigenvalue weighted by molar-refractivity contribution is 5.74. The number of aromatic nitrogens is 3. The van der Waals surface area contributed by atoms with E-state index in [0.717, 1.165) is 40.5 Å². The molecular formula is C27H36N6. The number of benzene rings is 1. The normalized spacial score (nSPS) is 16.4. The molecule has 1 fully saturated rings. The highest BCUT2D eigenvalue weighted by Gasteiger charge is 2.12. The summed E-state index contributed by atoms with van der Waals surface area (Å²) in [6, 6.07) is 12.8. The summed E-state index contributed by atoms with van der Waals surface area (Å²) in [5, 5.41) is 9.59. The Bertz CT molecular complexity index is 1090. The van der Waals surface area contributed by atoms with Crippen LogP contribution in [0.1, 0.15) is 37.4 Å². The van der Waals surface area contributed by atoms with E-state index in [-0.39, 0.29) is 0 Å². The van der Waals surface area contributed by atoms with Crippen molar-refractivity contribution in [2.75, 3.05) is 26.7 Å². The first-order valence-corrected chi connectivity index (χ1v) is 12.0. The average Bonchev–Trinajstić information content (AvgIpc) is 3.48. The first kappa shape index (κ1) is 23.2. The summed E-state index contributed by atoms with van der Waals surface area (Å²) in [7, 11) is 3.94. The van der Waals surface area contributed by atoms with Crippen LogP contribution in [0.5, 0.6) is 0 Å². The number of hydrazine groups is 1. The van der Waals surface area contributed by atoms with Crippen molar-refractivity contribution in [2.24, 2.45) is 13.0 Å². The van der Waals surface area contributed by atoms with Gasteiger partial charge in [0.05, 0.1) is 11.9 Å². The van der Waals surface area contributed by atoms with E-state index in [1.54, 1.807) is 0 Å². The van der Waals surface area contributed by atoms with Crippen molar-refractivity contribution < 1.29 is 0 Å². The number of piperidine rings is 1. The summed E-state index contributed by atoms with van der Waals surface area (Å²) in [5.41, 5.74) is 11.1. The third kappa shape index (κ3) is 5.89. The predicted molar refractivity (Wildman–Crippen MR) is 136 cm³/mol. The minimum absolute atomic E-state index is 0.854. The summed E-state index contributed by atoms with van der Waals surface area (Å²) >= 11 is 0. The van der Waals surface area contributed by atoms with Crippen LogP contribution >= 0.6 is 0 Å². The average molecular weight is 445 g/mol. The van der Waals surface area contributed by atoms with Crippen molar-refractivity contribution in [3.63, 3.8) is 0 Å². The second kappa shape index (κ2) is 10.8. The molecule has 0 bridgehead atoms. The van der Waals surface area contributed by atoms with Crippen LogP contribution in [0, 0.1) is 12.8 Å². The van der Waals surface area contributed by atoms with Crippen molar-refractivity contribution >= 4 is 5.57 Å². The highest BCUT2D eigenvalue weighted by atomic mass is 15.5. The molecule has 0 spiro atoms. The van der Waals surface area contributed by atoms with E-state index < -0.39 is 0 Å². The SMILES string of the molecule is CCC1CCNCC1.Cc1nc(-c2cccc(C3=CN(C)NC3)c2)ccc1-c1cnn(C)c1. The van der Waals surface area contributed by atoms with Gasteiger partial charge in [-0.25, -0.2) is 5.43 Å². The molecular weight excluding hydrogens is 408 g/mol. The molecule has 0 radical (unpaired) electrons. The maximum Gasteiger partial charge on any atom is 0.0705 e. The molecule has 0 amide bonds. The smallest absolute Gasteiger partial charge is 0.0705 e. The van der Waals surface area contributed by atoms with E-state index in [1.165, 1.54) is 43.5 Å². The second-order valence-corrected chi connectivity index (χ2v) is 9.01. The number of hydrogen-bond donors (Lipinski definition) is 2. The van der Waals surface area contributed by atoms with Gasteiger partial charge in [0.25, 0.3) is 0 Å². The molecule has 6 nitrogen and oxygen atoms in total. The fraction of sp³-hybridized carbons (Fsp3) is 0.407. The zero-order valence-electron chi connectivity index (χ0n) is 20.3. The van der Waals surface area contributed by atoms with E-state index in [9.17, 15) is 0 Å². The van der Waals surface area contributed by atoms with E-state index in [0.29, 0.717) is 0 Å². The Kier molecular flexibility index (Phi) is 7.57. The lowest BCUT2D eigenvalue weighted by Gasteiger charge is -2.20. The summed E-state index contributed by atoms with van der Waals surface area (Å²) in [6.07, 6.45) is 10.2. The molecule has 0 unspecified atom stereocenters. The van der Waals surface area contributed by atoms with Gasteiger partial charge in [-0.15, -0.1) is 0 Å². The van der Waals surface area contributed by atoms with Gasteiger partial charge in [0, 0.05) is 55.4 Å². The Hall–Kier alpha value is -2.96. The summed E-state index contributed by atoms with van der Waals surface area (Å²) in [5.74, 6) is 1.02. The lowest BCUT2D eigenvalue weighted by molar-refractivity contribution is 0.365. The quantitative estimate of drug-likeness (QED) is 0.614. The van der Waals surface area contributed by atoms with Crippen molar-refractivity contribution in [3.05, 3.63) is 66.2 Å². The molecule has 5 rings (SSSR count). The van der Waals surface area contributed by atoms with E-state index in [4.69, 9.17) is 4.98 Å². The maximum atomic E-state index is 4.83. The molecule has 174 valence electrons. The first-order chi connectivity index (χ1) is 16.0. The molecule has 2 aliphatic rings. The van der Waals surface area contributed by atoms with Gasteiger partial charge >= 0.3 is 0 Å². The molecule has 33 heavy (non-hydrogen) atoms. The third-order valence-corrected chi connectivity index (χ3v) is 6.54. The van der Waals surface area contributed by atoms with Crippen LogP contribution in [0.3, 0.4) is 0 Å². The number of aryl methyl sites for hydroxylation is 2. The molecule has 1 aromatic carbocycles. The van der Waals surface area contributed by atoms with E-state index in [2.05, 4.69) is 65.4 Å². The van der Waals surface area contributed by atoms with Gasteiger partial charge < -0.3 is 10.3 Å². The largest absolute Gasteiger partial charge is 0.318 e. The number of nitrogens with one attached hydrogen (secondary N) is 2. The van der Waals surface area contributed by atoms with E-state index >= 15 is 0 Å². The fourth-order valence-corrected chi connectivity index (χ4v) is 4.47. The molecule has 2 aliphatic heterocycles. The monoisotopic (exact) mass is 444 g/mol. The Morgan fingerprint density at radius 1 is 1.03 bits per heavy atom. The van der Waals surface area contributed by atoms with Crippen LogP contribution in [0.25, 0.3) is 28.0 Å². The van der Waals surface area contributed by atoms with Crippen LogP contribution in [0.15, 0.2) is 55.0 Å². The Morgan fingerprint density at radius 3 is 2.42 bits per heavy atom. The predicted octanol–water partition coefficient (Wildman–Crippen LogP) is 4.64. The van der Waals surface area contributed by atoms with Gasteiger partial charge in [-0.1, -0.05) is 37.6 Å². The molecule has 1 saturated heterocycles. The van der Waals surface area contributed by atoms with Gasteiger partial charge in [0.15, 0.2) is 0 Å². The molecule has 0 aliphatic carbocycles. The number of nitrogens with zero attached hydrogens (tertiary/aromatic N) is 4. The minimum atomic E-state index is 0.854. The standard InChI is InChI=1S/C20H21N5.C7H15N/c1-14-19(18-11-22-25(3)13-18)7-8-20(23-14)16-6-4-5-15(9-16)17-10-21-24(2)12-17;1-2-7-3-5-8-6-4-7/h4-9,11-13,21H,10H2,1-3H3;7-8H,2-6H2,1H3. The Morgan fingerprint density at radius 2 is 1.82 bits per heavy atom. The fourth-order valence-electron chi connectivity index (χ4n) is 4.47. The van der Waals surface area contributed by atoms with Crippen molar-refractivity contribution in [3.8, 4) is 22.4 Å². The summed E-state index contributed by atoms with van der Waals surface area (Å²) in [6.45, 7) is 7.69. The Balaban J connectivity index is 0.000000275. The number of pyridine rings is 1. The van der Waals surface area contributed by atoms with Crippen LogP contribution in [0.2, 0.25) is 0 Å². The van der Waals surface area contributed by atoms with Gasteiger partial charge in [0.1, 0.15) is 0 Å². The molecule has 2 aromatic heterocycles. The Labute approximate surface area is 197 Å². The third-order valence-electron chi connectivity index (χ3n) is 6.54. The topological polar surface area (TPSA) is 58.0 Å². The molecule has 0 atom stereocenters. The van der Waals surface area contributed by atoms with Gasteiger partial charge in [0.2, 0.25) is 0 Å².